The highest BCUT2D eigenvalue weighted by atomic mass is 35.5. The van der Waals surface area contributed by atoms with Crippen molar-refractivity contribution in [3.8, 4) is 34.3 Å². The lowest BCUT2D eigenvalue weighted by Crippen LogP contribution is -2.13. The number of amides is 2. The Bertz CT molecular complexity index is 2390. The number of nitrogens with zero attached hydrogens (tertiary/aromatic N) is 1. The summed E-state index contributed by atoms with van der Waals surface area (Å²) in [4.78, 5) is 29.1. The molecule has 0 unspecified atom stereocenters. The van der Waals surface area contributed by atoms with Crippen LogP contribution in [0.5, 0.6) is 23.0 Å². The second-order valence-corrected chi connectivity index (χ2v) is 11.8. The van der Waals surface area contributed by atoms with Crippen LogP contribution in [0.25, 0.3) is 32.9 Å². The number of halogens is 1. The third-order valence-corrected chi connectivity index (χ3v) is 8.51. The Hall–Kier alpha value is -6.52. The highest BCUT2D eigenvalue weighted by molar-refractivity contribution is 6.31. The molecule has 0 saturated heterocycles. The van der Waals surface area contributed by atoms with E-state index >= 15 is 0 Å². The Morgan fingerprint density at radius 3 is 1.78 bits per heavy atom. The van der Waals surface area contributed by atoms with Crippen LogP contribution >= 0.6 is 11.6 Å². The third-order valence-electron chi connectivity index (χ3n) is 8.10. The standard InChI is InChI=1S/C21H16N2O4.C19H16ClNO3/c1-26-19-10-15(6-7-16(19)20-11-22-12-27-20)23-21(25)17-8-13-4-2-3-5-14(13)9-18(17)24;1-11-7-16(18(24-2)10-15(11)20)21-19(23)14-8-12-5-3-4-6-13(12)9-17(14)22/h2-12,24H,1H3,(H,23,25);3-10,22H,1-2H3,(H,21,23). The fraction of sp³-hybridized carbons (Fsp3) is 0.0750. The molecule has 1 heterocycles. The number of aromatic hydroxyl groups is 2. The van der Waals surface area contributed by atoms with Crippen molar-refractivity contribution < 1.29 is 33.7 Å². The molecule has 7 rings (SSSR count). The zero-order valence-electron chi connectivity index (χ0n) is 27.7. The van der Waals surface area contributed by atoms with Crippen LogP contribution in [-0.2, 0) is 0 Å². The molecule has 0 radical (unpaired) electrons. The van der Waals surface area contributed by atoms with Gasteiger partial charge in [0.2, 0.25) is 0 Å². The van der Waals surface area contributed by atoms with Crippen LogP contribution in [0.1, 0.15) is 26.3 Å². The maximum absolute atomic E-state index is 12.7. The van der Waals surface area contributed by atoms with Gasteiger partial charge >= 0.3 is 0 Å². The maximum Gasteiger partial charge on any atom is 0.259 e. The summed E-state index contributed by atoms with van der Waals surface area (Å²) in [6.45, 7) is 1.84. The smallest absolute Gasteiger partial charge is 0.259 e. The molecule has 0 atom stereocenters. The molecule has 256 valence electrons. The number of aromatic nitrogens is 1. The number of ether oxygens (including phenoxy) is 2. The van der Waals surface area contributed by atoms with Crippen LogP contribution in [0.15, 0.2) is 120 Å². The first-order chi connectivity index (χ1) is 24.6. The van der Waals surface area contributed by atoms with Crippen molar-refractivity contribution in [1.29, 1.82) is 0 Å². The molecule has 0 fully saturated rings. The summed E-state index contributed by atoms with van der Waals surface area (Å²) in [6, 6.07) is 30.1. The first kappa shape index (κ1) is 34.3. The van der Waals surface area contributed by atoms with Gasteiger partial charge in [0, 0.05) is 22.8 Å². The number of hydrogen-bond acceptors (Lipinski definition) is 8. The predicted molar refractivity (Wildman–Crippen MR) is 198 cm³/mol. The van der Waals surface area contributed by atoms with E-state index in [4.69, 9.17) is 25.5 Å². The normalized spacial score (nSPS) is 10.7. The van der Waals surface area contributed by atoms with Gasteiger partial charge in [0.05, 0.1) is 42.8 Å². The van der Waals surface area contributed by atoms with Crippen LogP contribution in [0.3, 0.4) is 0 Å². The van der Waals surface area contributed by atoms with Crippen molar-refractivity contribution in [3.05, 3.63) is 137 Å². The van der Waals surface area contributed by atoms with Crippen molar-refractivity contribution in [2.45, 2.75) is 6.92 Å². The number of fused-ring (bicyclic) bond motifs is 2. The molecule has 0 aliphatic carbocycles. The summed E-state index contributed by atoms with van der Waals surface area (Å²) in [7, 11) is 3.04. The van der Waals surface area contributed by atoms with Crippen molar-refractivity contribution >= 4 is 56.3 Å². The minimum absolute atomic E-state index is 0.0727. The lowest BCUT2D eigenvalue weighted by Gasteiger charge is -2.13. The van der Waals surface area contributed by atoms with Crippen molar-refractivity contribution in [1.82, 2.24) is 4.98 Å². The Morgan fingerprint density at radius 1 is 0.706 bits per heavy atom. The second-order valence-electron chi connectivity index (χ2n) is 11.4. The topological polar surface area (TPSA) is 143 Å². The number of benzene rings is 6. The molecule has 4 N–H and O–H groups in total. The second kappa shape index (κ2) is 14.9. The lowest BCUT2D eigenvalue weighted by atomic mass is 10.1. The Labute approximate surface area is 297 Å². The Balaban J connectivity index is 0.000000177. The highest BCUT2D eigenvalue weighted by Gasteiger charge is 2.17. The summed E-state index contributed by atoms with van der Waals surface area (Å²) in [6.07, 6.45) is 2.93. The van der Waals surface area contributed by atoms with Crippen LogP contribution < -0.4 is 20.1 Å². The van der Waals surface area contributed by atoms with Crippen molar-refractivity contribution in [2.75, 3.05) is 24.9 Å². The molecule has 0 bridgehead atoms. The average molecular weight is 702 g/mol. The fourth-order valence-electron chi connectivity index (χ4n) is 5.46. The molecule has 1 aromatic heterocycles. The van der Waals surface area contributed by atoms with Gasteiger partial charge < -0.3 is 34.7 Å². The number of carbonyl (C=O) groups excluding carboxylic acids is 2. The Kier molecular flexibility index (Phi) is 10.1. The van der Waals surface area contributed by atoms with E-state index in [9.17, 15) is 19.8 Å². The maximum atomic E-state index is 12.7. The van der Waals surface area contributed by atoms with E-state index in [0.717, 1.165) is 32.7 Å². The number of hydrogen-bond donors (Lipinski definition) is 4. The predicted octanol–water partition coefficient (Wildman–Crippen LogP) is 9.23. The van der Waals surface area contributed by atoms with E-state index in [1.165, 1.54) is 20.6 Å². The first-order valence-electron chi connectivity index (χ1n) is 15.6. The number of rotatable bonds is 7. The number of anilines is 2. The van der Waals surface area contributed by atoms with Gasteiger partial charge in [-0.2, -0.15) is 0 Å². The first-order valence-corrected chi connectivity index (χ1v) is 16.0. The Morgan fingerprint density at radius 2 is 1.25 bits per heavy atom. The van der Waals surface area contributed by atoms with Crippen molar-refractivity contribution in [2.24, 2.45) is 0 Å². The number of methoxy groups -OCH3 is 2. The summed E-state index contributed by atoms with van der Waals surface area (Å²) >= 11 is 6.08. The molecule has 0 saturated carbocycles. The number of phenolic OH excluding ortho intramolecular Hbond substituents is 2. The van der Waals surface area contributed by atoms with E-state index in [2.05, 4.69) is 15.6 Å². The quantitative estimate of drug-likeness (QED) is 0.129. The highest BCUT2D eigenvalue weighted by Crippen LogP contribution is 2.34. The molecule has 7 aromatic rings. The molecular weight excluding hydrogens is 670 g/mol. The zero-order valence-corrected chi connectivity index (χ0v) is 28.5. The van der Waals surface area contributed by atoms with Crippen LogP contribution in [-0.4, -0.2) is 41.2 Å². The molecule has 2 amide bonds. The van der Waals surface area contributed by atoms with Gasteiger partial charge in [-0.15, -0.1) is 0 Å². The molecule has 0 spiro atoms. The van der Waals surface area contributed by atoms with E-state index in [1.54, 1.807) is 60.8 Å². The van der Waals surface area contributed by atoms with Gasteiger partial charge in [-0.3, -0.25) is 9.59 Å². The van der Waals surface area contributed by atoms with E-state index < -0.39 is 11.8 Å². The van der Waals surface area contributed by atoms with Crippen molar-refractivity contribution in [3.63, 3.8) is 0 Å². The molecule has 11 heteroatoms. The number of phenols is 2. The van der Waals surface area contributed by atoms with Crippen LogP contribution in [0, 0.1) is 6.92 Å². The van der Waals surface area contributed by atoms with Gasteiger partial charge in [0.25, 0.3) is 11.8 Å². The average Bonchev–Trinajstić information content (AvgIpc) is 3.67. The molecule has 6 aromatic carbocycles. The minimum atomic E-state index is -0.418. The summed E-state index contributed by atoms with van der Waals surface area (Å²) in [5, 5.41) is 30.0. The lowest BCUT2D eigenvalue weighted by molar-refractivity contribution is 0.101. The SMILES string of the molecule is COc1cc(Cl)c(C)cc1NC(=O)c1cc2ccccc2cc1O.COc1cc(NC(=O)c2cc3ccccc3cc2O)ccc1-c1cnco1. The summed E-state index contributed by atoms with van der Waals surface area (Å²) in [5.74, 6) is 0.585. The van der Waals surface area contributed by atoms with Gasteiger partial charge in [-0.25, -0.2) is 4.98 Å². The van der Waals surface area contributed by atoms with Gasteiger partial charge in [-0.05, 0) is 76.5 Å². The number of nitrogens with one attached hydrogen (secondary N) is 2. The molecule has 0 aliphatic heterocycles. The third kappa shape index (κ3) is 7.56. The largest absolute Gasteiger partial charge is 0.507 e. The monoisotopic (exact) mass is 701 g/mol. The number of aryl methyl sites for hydroxylation is 1. The van der Waals surface area contributed by atoms with Crippen LogP contribution in [0.4, 0.5) is 11.4 Å². The summed E-state index contributed by atoms with van der Waals surface area (Å²) < 4.78 is 15.9. The van der Waals surface area contributed by atoms with E-state index in [-0.39, 0.29) is 22.6 Å². The summed E-state index contributed by atoms with van der Waals surface area (Å²) in [5.41, 5.74) is 2.97. The molecule has 51 heavy (non-hydrogen) atoms. The minimum Gasteiger partial charge on any atom is -0.507 e. The molecule has 0 aliphatic rings. The molecular formula is C40H32ClN3O7. The number of carbonyl (C=O) groups is 2. The zero-order chi connectivity index (χ0) is 36.1. The van der Waals surface area contributed by atoms with E-state index in [1.807, 2.05) is 55.5 Å². The van der Waals surface area contributed by atoms with Crippen LogP contribution in [0.2, 0.25) is 5.02 Å². The van der Waals surface area contributed by atoms with E-state index in [0.29, 0.717) is 33.7 Å². The van der Waals surface area contributed by atoms with Gasteiger partial charge in [0.15, 0.2) is 12.2 Å². The van der Waals surface area contributed by atoms with Gasteiger partial charge in [0.1, 0.15) is 23.0 Å². The van der Waals surface area contributed by atoms with Gasteiger partial charge in [-0.1, -0.05) is 60.1 Å². The number of oxazole rings is 1. The molecule has 10 nitrogen and oxygen atoms in total. The fourth-order valence-corrected chi connectivity index (χ4v) is 5.61.